The van der Waals surface area contributed by atoms with Crippen LogP contribution in [0, 0.1) is 6.92 Å². The van der Waals surface area contributed by atoms with Crippen molar-refractivity contribution in [2.24, 2.45) is 0 Å². The van der Waals surface area contributed by atoms with E-state index in [9.17, 15) is 17.8 Å². The quantitative estimate of drug-likeness (QED) is 0.832. The lowest BCUT2D eigenvalue weighted by molar-refractivity contribution is 0.0528. The van der Waals surface area contributed by atoms with Gasteiger partial charge in [0.05, 0.1) is 4.90 Å². The van der Waals surface area contributed by atoms with Crippen LogP contribution >= 0.6 is 0 Å². The Labute approximate surface area is 125 Å². The third-order valence-electron chi connectivity index (χ3n) is 2.56. The van der Waals surface area contributed by atoms with Crippen molar-refractivity contribution in [2.75, 3.05) is 6.54 Å². The highest BCUT2D eigenvalue weighted by molar-refractivity contribution is 7.85. The molecular formula is C14H21NO5S. The van der Waals surface area contributed by atoms with Crippen LogP contribution < -0.4 is 5.32 Å². The Morgan fingerprint density at radius 1 is 1.33 bits per heavy atom. The first-order chi connectivity index (χ1) is 9.49. The van der Waals surface area contributed by atoms with Crippen LogP contribution in [0.15, 0.2) is 23.1 Å². The molecule has 21 heavy (non-hydrogen) atoms. The molecule has 0 aromatic heterocycles. The summed E-state index contributed by atoms with van der Waals surface area (Å²) in [6.45, 7) is 7.29. The molecule has 0 aliphatic heterocycles. The van der Waals surface area contributed by atoms with Crippen molar-refractivity contribution in [1.82, 2.24) is 5.32 Å². The number of nitrogens with one attached hydrogen (secondary N) is 1. The average molecular weight is 315 g/mol. The first kappa shape index (κ1) is 17.5. The van der Waals surface area contributed by atoms with Crippen LogP contribution in [-0.4, -0.2) is 31.2 Å². The molecule has 0 saturated carbocycles. The molecule has 0 atom stereocenters. The maximum Gasteiger partial charge on any atom is 0.407 e. The van der Waals surface area contributed by atoms with Gasteiger partial charge in [-0.05, 0) is 45.7 Å². The highest BCUT2D eigenvalue weighted by Crippen LogP contribution is 2.17. The third kappa shape index (κ3) is 6.14. The van der Waals surface area contributed by atoms with Crippen molar-refractivity contribution < 1.29 is 22.5 Å². The van der Waals surface area contributed by atoms with Crippen molar-refractivity contribution >= 4 is 16.2 Å². The Bertz CT molecular complexity index is 617. The highest BCUT2D eigenvalue weighted by atomic mass is 32.2. The average Bonchev–Trinajstić information content (AvgIpc) is 2.24. The fraction of sp³-hybridized carbons (Fsp3) is 0.500. The minimum absolute atomic E-state index is 0.140. The Kier molecular flexibility index (Phi) is 5.36. The zero-order chi connectivity index (χ0) is 16.3. The summed E-state index contributed by atoms with van der Waals surface area (Å²) in [5.74, 6) is 0. The largest absolute Gasteiger partial charge is 0.444 e. The Hall–Kier alpha value is -1.60. The van der Waals surface area contributed by atoms with Gasteiger partial charge in [0.25, 0.3) is 10.1 Å². The molecule has 1 aromatic rings. The number of amides is 1. The molecule has 0 saturated heterocycles. The van der Waals surface area contributed by atoms with Gasteiger partial charge in [-0.25, -0.2) is 4.79 Å². The number of benzene rings is 1. The van der Waals surface area contributed by atoms with E-state index in [4.69, 9.17) is 4.74 Å². The van der Waals surface area contributed by atoms with Gasteiger partial charge in [0.1, 0.15) is 5.60 Å². The first-order valence-corrected chi connectivity index (χ1v) is 7.97. The molecule has 118 valence electrons. The molecule has 1 aromatic carbocycles. The lowest BCUT2D eigenvalue weighted by Crippen LogP contribution is -2.33. The number of rotatable bonds is 4. The molecule has 0 bridgehead atoms. The van der Waals surface area contributed by atoms with Crippen LogP contribution in [0.3, 0.4) is 0 Å². The second-order valence-corrected chi connectivity index (χ2v) is 7.15. The van der Waals surface area contributed by atoms with Gasteiger partial charge in [-0.3, -0.25) is 4.55 Å². The van der Waals surface area contributed by atoms with Gasteiger partial charge < -0.3 is 10.1 Å². The van der Waals surface area contributed by atoms with Gasteiger partial charge in [0, 0.05) is 6.54 Å². The first-order valence-electron chi connectivity index (χ1n) is 6.53. The van der Waals surface area contributed by atoms with E-state index < -0.39 is 21.8 Å². The smallest absolute Gasteiger partial charge is 0.407 e. The maximum atomic E-state index is 11.5. The molecule has 0 fully saturated rings. The lowest BCUT2D eigenvalue weighted by Gasteiger charge is -2.19. The van der Waals surface area contributed by atoms with Gasteiger partial charge in [-0.2, -0.15) is 8.42 Å². The lowest BCUT2D eigenvalue weighted by atomic mass is 10.1. The molecule has 0 heterocycles. The number of carbonyl (C=O) groups excluding carboxylic acids is 1. The van der Waals surface area contributed by atoms with E-state index in [1.165, 1.54) is 6.07 Å². The van der Waals surface area contributed by atoms with Crippen molar-refractivity contribution in [1.29, 1.82) is 0 Å². The van der Waals surface area contributed by atoms with Crippen molar-refractivity contribution in [3.8, 4) is 0 Å². The summed E-state index contributed by atoms with van der Waals surface area (Å²) in [6.07, 6.45) is -0.292. The number of hydrogen-bond donors (Lipinski definition) is 2. The molecule has 7 heteroatoms. The van der Waals surface area contributed by atoms with Crippen LogP contribution in [0.2, 0.25) is 0 Å². The van der Waals surface area contributed by atoms with Crippen molar-refractivity contribution in [3.05, 3.63) is 29.3 Å². The molecule has 2 N–H and O–H groups in total. The standard InChI is InChI=1S/C14H21NO5S/c1-10-5-6-12(21(17,18)19)11(9-10)7-8-15-13(16)20-14(2,3)4/h5-6,9H,7-8H2,1-4H3,(H,15,16)(H,17,18,19). The van der Waals surface area contributed by atoms with Crippen molar-refractivity contribution in [2.45, 2.75) is 44.6 Å². The van der Waals surface area contributed by atoms with Crippen LogP contribution in [0.1, 0.15) is 31.9 Å². The van der Waals surface area contributed by atoms with Crippen molar-refractivity contribution in [3.63, 3.8) is 0 Å². The van der Waals surface area contributed by atoms with E-state index >= 15 is 0 Å². The Morgan fingerprint density at radius 3 is 2.48 bits per heavy atom. The molecule has 0 unspecified atom stereocenters. The Balaban J connectivity index is 2.72. The van der Waals surface area contributed by atoms with E-state index in [-0.39, 0.29) is 17.9 Å². The van der Waals surface area contributed by atoms with Gasteiger partial charge in [0.2, 0.25) is 0 Å². The zero-order valence-corrected chi connectivity index (χ0v) is 13.5. The number of aryl methyl sites for hydroxylation is 1. The molecule has 1 amide bonds. The molecule has 0 spiro atoms. The minimum atomic E-state index is -4.27. The number of hydrogen-bond acceptors (Lipinski definition) is 4. The molecule has 1 rings (SSSR count). The maximum absolute atomic E-state index is 11.5. The number of carbonyl (C=O) groups is 1. The summed E-state index contributed by atoms with van der Waals surface area (Å²) in [6, 6.07) is 4.63. The molecule has 0 aliphatic carbocycles. The van der Waals surface area contributed by atoms with Crippen LogP contribution in [0.4, 0.5) is 4.79 Å². The summed E-state index contributed by atoms with van der Waals surface area (Å²) < 4.78 is 36.8. The SMILES string of the molecule is Cc1ccc(S(=O)(=O)O)c(CCNC(=O)OC(C)(C)C)c1. The predicted octanol–water partition coefficient (Wildman–Crippen LogP) is 2.31. The van der Waals surface area contributed by atoms with Gasteiger partial charge >= 0.3 is 6.09 Å². The summed E-state index contributed by atoms with van der Waals surface area (Å²) in [5, 5.41) is 2.55. The second-order valence-electron chi connectivity index (χ2n) is 5.76. The number of alkyl carbamates (subject to hydrolysis) is 1. The van der Waals surface area contributed by atoms with Gasteiger partial charge in [-0.15, -0.1) is 0 Å². The molecule has 0 radical (unpaired) electrons. The van der Waals surface area contributed by atoms with Crippen LogP contribution in [0.25, 0.3) is 0 Å². The summed E-state index contributed by atoms with van der Waals surface area (Å²) in [7, 11) is -4.27. The summed E-state index contributed by atoms with van der Waals surface area (Å²) >= 11 is 0. The Morgan fingerprint density at radius 2 is 1.95 bits per heavy atom. The normalized spacial score (nSPS) is 12.0. The monoisotopic (exact) mass is 315 g/mol. The van der Waals surface area contributed by atoms with Gasteiger partial charge in [-0.1, -0.05) is 17.7 Å². The summed E-state index contributed by atoms with van der Waals surface area (Å²) in [4.78, 5) is 11.4. The van der Waals surface area contributed by atoms with E-state index in [0.717, 1.165) is 5.56 Å². The van der Waals surface area contributed by atoms with E-state index in [2.05, 4.69) is 5.32 Å². The van der Waals surface area contributed by atoms with E-state index in [0.29, 0.717) is 5.56 Å². The van der Waals surface area contributed by atoms with Gasteiger partial charge in [0.15, 0.2) is 0 Å². The molecular weight excluding hydrogens is 294 g/mol. The third-order valence-corrected chi connectivity index (χ3v) is 3.51. The molecule has 0 aliphatic rings. The minimum Gasteiger partial charge on any atom is -0.444 e. The molecule has 6 nitrogen and oxygen atoms in total. The van der Waals surface area contributed by atoms with Crippen LogP contribution in [-0.2, 0) is 21.3 Å². The van der Waals surface area contributed by atoms with E-state index in [1.807, 2.05) is 6.92 Å². The fourth-order valence-corrected chi connectivity index (χ4v) is 2.50. The zero-order valence-electron chi connectivity index (χ0n) is 12.6. The van der Waals surface area contributed by atoms with E-state index in [1.54, 1.807) is 32.9 Å². The topological polar surface area (TPSA) is 92.7 Å². The fourth-order valence-electron chi connectivity index (χ4n) is 1.77. The second kappa shape index (κ2) is 6.44. The summed E-state index contributed by atoms with van der Waals surface area (Å²) in [5.41, 5.74) is 0.732. The van der Waals surface area contributed by atoms with Crippen LogP contribution in [0.5, 0.6) is 0 Å². The number of ether oxygens (including phenoxy) is 1. The predicted molar refractivity (Wildman–Crippen MR) is 78.9 cm³/mol. The highest BCUT2D eigenvalue weighted by Gasteiger charge is 2.17.